The van der Waals surface area contributed by atoms with Gasteiger partial charge in [-0.1, -0.05) is 30.3 Å². The van der Waals surface area contributed by atoms with Gasteiger partial charge in [-0.2, -0.15) is 13.2 Å². The molecule has 28 heavy (non-hydrogen) atoms. The van der Waals surface area contributed by atoms with Gasteiger partial charge in [0.2, 0.25) is 5.91 Å². The molecule has 1 aromatic carbocycles. The maximum Gasteiger partial charge on any atom is 0.406 e. The Morgan fingerprint density at radius 3 is 2.43 bits per heavy atom. The first-order valence-corrected chi connectivity index (χ1v) is 9.09. The van der Waals surface area contributed by atoms with Crippen LogP contribution >= 0.6 is 0 Å². The van der Waals surface area contributed by atoms with Crippen molar-refractivity contribution in [3.8, 4) is 0 Å². The van der Waals surface area contributed by atoms with Crippen molar-refractivity contribution < 1.29 is 27.6 Å². The van der Waals surface area contributed by atoms with Crippen molar-refractivity contribution in [1.82, 2.24) is 15.1 Å². The highest BCUT2D eigenvalue weighted by Gasteiger charge is 2.50. The number of carbonyl (C=O) groups is 3. The van der Waals surface area contributed by atoms with Gasteiger partial charge in [0.1, 0.15) is 18.6 Å². The molecule has 2 fully saturated rings. The number of carbonyl (C=O) groups excluding carboxylic acids is 3. The van der Waals surface area contributed by atoms with Crippen molar-refractivity contribution in [2.75, 3.05) is 13.1 Å². The van der Waals surface area contributed by atoms with Crippen LogP contribution in [0, 0.1) is 5.92 Å². The van der Waals surface area contributed by atoms with Crippen LogP contribution in [0.15, 0.2) is 30.3 Å². The topological polar surface area (TPSA) is 69.7 Å². The normalized spacial score (nSPS) is 23.5. The second-order valence-electron chi connectivity index (χ2n) is 7.53. The van der Waals surface area contributed by atoms with E-state index in [4.69, 9.17) is 0 Å². The van der Waals surface area contributed by atoms with Crippen molar-refractivity contribution in [3.05, 3.63) is 35.9 Å². The molecule has 0 unspecified atom stereocenters. The molecule has 1 saturated carbocycles. The molecule has 0 radical (unpaired) electrons. The third kappa shape index (κ3) is 3.98. The number of urea groups is 1. The van der Waals surface area contributed by atoms with Crippen LogP contribution in [0.3, 0.4) is 0 Å². The van der Waals surface area contributed by atoms with Crippen LogP contribution in [-0.4, -0.2) is 53.0 Å². The predicted octanol–water partition coefficient (Wildman–Crippen LogP) is 2.64. The van der Waals surface area contributed by atoms with E-state index in [1.165, 1.54) is 6.92 Å². The molecule has 1 heterocycles. The smallest absolute Gasteiger partial charge is 0.329 e. The Bertz CT molecular complexity index is 780. The number of nitrogens with zero attached hydrogens (tertiary/aromatic N) is 2. The van der Waals surface area contributed by atoms with Gasteiger partial charge in [0.05, 0.1) is 0 Å². The molecule has 0 aromatic heterocycles. The SMILES string of the molecule is C[C@@H](C1CC1)N(CC(F)(F)F)C(=O)CN1C(=O)N[C@@](C)(c2ccccc2)C1=O. The minimum atomic E-state index is -4.56. The molecule has 152 valence electrons. The van der Waals surface area contributed by atoms with E-state index in [0.29, 0.717) is 10.5 Å². The minimum Gasteiger partial charge on any atom is -0.329 e. The lowest BCUT2D eigenvalue weighted by Gasteiger charge is -2.31. The van der Waals surface area contributed by atoms with Crippen LogP contribution in [0.2, 0.25) is 0 Å². The van der Waals surface area contributed by atoms with Gasteiger partial charge < -0.3 is 10.2 Å². The number of hydrogen-bond acceptors (Lipinski definition) is 3. The molecule has 4 amide bonds. The summed E-state index contributed by atoms with van der Waals surface area (Å²) in [5.74, 6) is -1.54. The summed E-state index contributed by atoms with van der Waals surface area (Å²) < 4.78 is 38.9. The molecule has 1 aliphatic heterocycles. The summed E-state index contributed by atoms with van der Waals surface area (Å²) in [6, 6.07) is 7.09. The van der Waals surface area contributed by atoms with E-state index in [1.54, 1.807) is 37.3 Å². The van der Waals surface area contributed by atoms with E-state index in [2.05, 4.69) is 5.32 Å². The molecule has 1 aliphatic carbocycles. The Hall–Kier alpha value is -2.58. The van der Waals surface area contributed by atoms with Gasteiger partial charge in [0, 0.05) is 6.04 Å². The molecule has 1 saturated heterocycles. The molecular weight excluding hydrogens is 375 g/mol. The maximum atomic E-state index is 13.0. The Balaban J connectivity index is 1.78. The standard InChI is InChI=1S/C19H22F3N3O3/c1-12(13-8-9-13)25(11-19(20,21)22)15(26)10-24-16(27)18(2,23-17(24)28)14-6-4-3-5-7-14/h3-7,12-13H,8-11H2,1-2H3,(H,23,28)/t12-,18-/m0/s1. The van der Waals surface area contributed by atoms with Gasteiger partial charge >= 0.3 is 12.2 Å². The largest absolute Gasteiger partial charge is 0.406 e. The summed E-state index contributed by atoms with van der Waals surface area (Å²) in [5, 5.41) is 2.55. The number of halogens is 3. The fourth-order valence-corrected chi connectivity index (χ4v) is 3.52. The fraction of sp³-hybridized carbons (Fsp3) is 0.526. The van der Waals surface area contributed by atoms with E-state index < -0.39 is 48.7 Å². The Morgan fingerprint density at radius 2 is 1.89 bits per heavy atom. The molecule has 2 aliphatic rings. The Morgan fingerprint density at radius 1 is 1.29 bits per heavy atom. The van der Waals surface area contributed by atoms with Gasteiger partial charge in [0.15, 0.2) is 0 Å². The van der Waals surface area contributed by atoms with E-state index >= 15 is 0 Å². The number of alkyl halides is 3. The maximum absolute atomic E-state index is 13.0. The zero-order valence-electron chi connectivity index (χ0n) is 15.6. The van der Waals surface area contributed by atoms with Crippen molar-refractivity contribution in [3.63, 3.8) is 0 Å². The highest BCUT2D eigenvalue weighted by molar-refractivity contribution is 6.09. The first kappa shape index (κ1) is 20.2. The number of hydrogen-bond donors (Lipinski definition) is 1. The number of nitrogens with one attached hydrogen (secondary N) is 1. The van der Waals surface area contributed by atoms with Crippen LogP contribution in [0.4, 0.5) is 18.0 Å². The summed E-state index contributed by atoms with van der Waals surface area (Å²) in [6.07, 6.45) is -3.04. The van der Waals surface area contributed by atoms with Gasteiger partial charge in [0.25, 0.3) is 5.91 Å². The van der Waals surface area contributed by atoms with E-state index in [0.717, 1.165) is 17.7 Å². The monoisotopic (exact) mass is 397 g/mol. The molecule has 1 aromatic rings. The number of amides is 4. The van der Waals surface area contributed by atoms with Crippen molar-refractivity contribution in [2.24, 2.45) is 5.92 Å². The number of imide groups is 1. The molecule has 0 spiro atoms. The van der Waals surface area contributed by atoms with Crippen LogP contribution in [0.5, 0.6) is 0 Å². The van der Waals surface area contributed by atoms with Crippen LogP contribution < -0.4 is 5.32 Å². The second-order valence-corrected chi connectivity index (χ2v) is 7.53. The fourth-order valence-electron chi connectivity index (χ4n) is 3.52. The molecular formula is C19H22F3N3O3. The number of benzene rings is 1. The summed E-state index contributed by atoms with van der Waals surface area (Å²) in [6.45, 7) is 0.956. The quantitative estimate of drug-likeness (QED) is 0.751. The van der Waals surface area contributed by atoms with Gasteiger partial charge in [-0.3, -0.25) is 14.5 Å². The third-order valence-corrected chi connectivity index (χ3v) is 5.39. The average Bonchev–Trinajstić information content (AvgIpc) is 3.44. The summed E-state index contributed by atoms with van der Waals surface area (Å²) in [7, 11) is 0. The molecule has 2 atom stereocenters. The highest BCUT2D eigenvalue weighted by atomic mass is 19.4. The lowest BCUT2D eigenvalue weighted by Crippen LogP contribution is -2.50. The summed E-state index contributed by atoms with van der Waals surface area (Å²) in [4.78, 5) is 39.2. The molecule has 0 bridgehead atoms. The predicted molar refractivity (Wildman–Crippen MR) is 94.0 cm³/mol. The first-order valence-electron chi connectivity index (χ1n) is 9.09. The van der Waals surface area contributed by atoms with Gasteiger partial charge in [-0.15, -0.1) is 0 Å². The molecule has 9 heteroatoms. The van der Waals surface area contributed by atoms with Crippen LogP contribution in [0.1, 0.15) is 32.3 Å². The molecule has 1 N–H and O–H groups in total. The highest BCUT2D eigenvalue weighted by Crippen LogP contribution is 2.36. The summed E-state index contributed by atoms with van der Waals surface area (Å²) in [5.41, 5.74) is -0.836. The second kappa shape index (κ2) is 7.10. The Labute approximate surface area is 160 Å². The van der Waals surface area contributed by atoms with Crippen LogP contribution in [-0.2, 0) is 15.1 Å². The lowest BCUT2D eigenvalue weighted by atomic mass is 9.92. The van der Waals surface area contributed by atoms with E-state index in [-0.39, 0.29) is 5.92 Å². The van der Waals surface area contributed by atoms with E-state index in [9.17, 15) is 27.6 Å². The molecule has 3 rings (SSSR count). The zero-order valence-corrected chi connectivity index (χ0v) is 15.6. The lowest BCUT2D eigenvalue weighted by molar-refractivity contribution is -0.166. The molecule has 6 nitrogen and oxygen atoms in total. The Kier molecular flexibility index (Phi) is 5.12. The van der Waals surface area contributed by atoms with Crippen molar-refractivity contribution in [1.29, 1.82) is 0 Å². The number of rotatable bonds is 6. The van der Waals surface area contributed by atoms with Gasteiger partial charge in [-0.05, 0) is 38.2 Å². The minimum absolute atomic E-state index is 0.0176. The van der Waals surface area contributed by atoms with Crippen LogP contribution in [0.25, 0.3) is 0 Å². The zero-order chi connectivity index (χ0) is 20.7. The van der Waals surface area contributed by atoms with Crippen molar-refractivity contribution in [2.45, 2.75) is 44.4 Å². The van der Waals surface area contributed by atoms with Gasteiger partial charge in [-0.25, -0.2) is 4.79 Å². The third-order valence-electron chi connectivity index (χ3n) is 5.39. The van der Waals surface area contributed by atoms with Crippen molar-refractivity contribution >= 4 is 17.8 Å². The first-order chi connectivity index (χ1) is 13.0. The van der Waals surface area contributed by atoms with E-state index in [1.807, 2.05) is 0 Å². The average molecular weight is 397 g/mol. The summed E-state index contributed by atoms with van der Waals surface area (Å²) >= 11 is 0.